The molecule has 2 aromatic carbocycles. The summed E-state index contributed by atoms with van der Waals surface area (Å²) in [6.07, 6.45) is 1.80. The molecule has 1 aliphatic heterocycles. The number of amides is 1. The van der Waals surface area contributed by atoms with Gasteiger partial charge in [-0.15, -0.1) is 0 Å². The van der Waals surface area contributed by atoms with Gasteiger partial charge in [0.25, 0.3) is 0 Å². The molecule has 162 valence electrons. The molecule has 0 N–H and O–H groups in total. The van der Waals surface area contributed by atoms with Crippen molar-refractivity contribution in [3.05, 3.63) is 65.0 Å². The van der Waals surface area contributed by atoms with E-state index in [9.17, 15) is 9.18 Å². The van der Waals surface area contributed by atoms with Crippen molar-refractivity contribution in [2.45, 2.75) is 66.0 Å². The minimum atomic E-state index is -0.253. The Balaban J connectivity index is 1.68. The molecule has 0 spiro atoms. The van der Waals surface area contributed by atoms with Gasteiger partial charge in [-0.1, -0.05) is 58.0 Å². The Hall–Kier alpha value is -2.20. The Labute approximate surface area is 180 Å². The van der Waals surface area contributed by atoms with Crippen molar-refractivity contribution in [2.24, 2.45) is 5.92 Å². The van der Waals surface area contributed by atoms with E-state index < -0.39 is 0 Å². The summed E-state index contributed by atoms with van der Waals surface area (Å²) in [4.78, 5) is 17.3. The summed E-state index contributed by atoms with van der Waals surface area (Å²) in [5.74, 6) is 0.245. The standard InChI is InChI=1S/C26H35FN2O/c1-18(2)22-9-7-21(8-10-22)17-28-14-12-23(13-15-28)29(26(30)19(3)4)24-11-6-20(5)25(27)16-24/h6-11,16,18-19,23H,12-15,17H2,1-5H3. The highest BCUT2D eigenvalue weighted by Gasteiger charge is 2.30. The average molecular weight is 411 g/mol. The largest absolute Gasteiger partial charge is 0.309 e. The Morgan fingerprint density at radius 2 is 1.70 bits per heavy atom. The van der Waals surface area contributed by atoms with Crippen LogP contribution >= 0.6 is 0 Å². The molecule has 1 saturated heterocycles. The van der Waals surface area contributed by atoms with E-state index in [1.165, 1.54) is 17.2 Å². The van der Waals surface area contributed by atoms with Crippen LogP contribution in [0.5, 0.6) is 0 Å². The smallest absolute Gasteiger partial charge is 0.229 e. The Bertz CT molecular complexity index is 852. The topological polar surface area (TPSA) is 23.6 Å². The zero-order valence-corrected chi connectivity index (χ0v) is 19.0. The van der Waals surface area contributed by atoms with Crippen molar-refractivity contribution in [1.29, 1.82) is 0 Å². The molecule has 30 heavy (non-hydrogen) atoms. The number of anilines is 1. The number of piperidine rings is 1. The highest BCUT2D eigenvalue weighted by atomic mass is 19.1. The van der Waals surface area contributed by atoms with Crippen LogP contribution in [0.3, 0.4) is 0 Å². The molecular formula is C26H35FN2O. The lowest BCUT2D eigenvalue weighted by molar-refractivity contribution is -0.122. The molecule has 0 bridgehead atoms. The van der Waals surface area contributed by atoms with Gasteiger partial charge < -0.3 is 4.90 Å². The monoisotopic (exact) mass is 410 g/mol. The van der Waals surface area contributed by atoms with E-state index in [1.54, 1.807) is 13.0 Å². The van der Waals surface area contributed by atoms with Crippen LogP contribution < -0.4 is 4.90 Å². The fourth-order valence-corrected chi connectivity index (χ4v) is 4.13. The average Bonchev–Trinajstić information content (AvgIpc) is 2.72. The van der Waals surface area contributed by atoms with Crippen LogP contribution in [0.15, 0.2) is 42.5 Å². The minimum Gasteiger partial charge on any atom is -0.309 e. The molecular weight excluding hydrogens is 375 g/mol. The quantitative estimate of drug-likeness (QED) is 0.591. The first-order valence-corrected chi connectivity index (χ1v) is 11.2. The highest BCUT2D eigenvalue weighted by molar-refractivity contribution is 5.95. The van der Waals surface area contributed by atoms with Crippen LogP contribution in [0.2, 0.25) is 0 Å². The number of carbonyl (C=O) groups is 1. The number of hydrogen-bond acceptors (Lipinski definition) is 2. The van der Waals surface area contributed by atoms with E-state index in [1.807, 2.05) is 24.8 Å². The van der Waals surface area contributed by atoms with Crippen molar-refractivity contribution in [2.75, 3.05) is 18.0 Å². The first-order chi connectivity index (χ1) is 14.3. The molecule has 0 unspecified atom stereocenters. The van der Waals surface area contributed by atoms with Gasteiger partial charge in [-0.05, 0) is 54.5 Å². The molecule has 1 aliphatic rings. The Morgan fingerprint density at radius 1 is 1.07 bits per heavy atom. The van der Waals surface area contributed by atoms with Crippen LogP contribution in [0, 0.1) is 18.7 Å². The van der Waals surface area contributed by atoms with Gasteiger partial charge in [-0.3, -0.25) is 9.69 Å². The molecule has 1 amide bonds. The lowest BCUT2D eigenvalue weighted by Gasteiger charge is -2.39. The molecule has 0 saturated carbocycles. The molecule has 0 radical (unpaired) electrons. The third-order valence-corrected chi connectivity index (χ3v) is 6.14. The minimum absolute atomic E-state index is 0.0703. The maximum absolute atomic E-state index is 14.2. The summed E-state index contributed by atoms with van der Waals surface area (Å²) in [5, 5.41) is 0. The molecule has 1 heterocycles. The predicted molar refractivity (Wildman–Crippen MR) is 122 cm³/mol. The summed E-state index contributed by atoms with van der Waals surface area (Å²) < 4.78 is 14.2. The van der Waals surface area contributed by atoms with Crippen molar-refractivity contribution in [3.8, 4) is 0 Å². The lowest BCUT2D eigenvalue weighted by Crippen LogP contribution is -2.48. The van der Waals surface area contributed by atoms with Crippen molar-refractivity contribution >= 4 is 11.6 Å². The Kier molecular flexibility index (Phi) is 7.30. The van der Waals surface area contributed by atoms with Crippen LogP contribution in [-0.2, 0) is 11.3 Å². The first-order valence-electron chi connectivity index (χ1n) is 11.2. The molecule has 0 aliphatic carbocycles. The van der Waals surface area contributed by atoms with E-state index in [0.29, 0.717) is 17.2 Å². The number of aryl methyl sites for hydroxylation is 1. The number of rotatable bonds is 6. The molecule has 3 nitrogen and oxygen atoms in total. The number of halogens is 1. The fraction of sp³-hybridized carbons (Fsp3) is 0.500. The number of nitrogens with zero attached hydrogens (tertiary/aromatic N) is 2. The third kappa shape index (κ3) is 5.28. The maximum Gasteiger partial charge on any atom is 0.229 e. The van der Waals surface area contributed by atoms with Crippen molar-refractivity contribution < 1.29 is 9.18 Å². The molecule has 2 aromatic rings. The maximum atomic E-state index is 14.2. The van der Waals surface area contributed by atoms with Crippen LogP contribution in [0.1, 0.15) is 63.1 Å². The number of hydrogen-bond donors (Lipinski definition) is 0. The van der Waals surface area contributed by atoms with Gasteiger partial charge in [0.2, 0.25) is 5.91 Å². The van der Waals surface area contributed by atoms with E-state index in [2.05, 4.69) is 43.0 Å². The summed E-state index contributed by atoms with van der Waals surface area (Å²) in [7, 11) is 0. The zero-order valence-electron chi connectivity index (χ0n) is 19.0. The van der Waals surface area contributed by atoms with Crippen molar-refractivity contribution in [1.82, 2.24) is 4.90 Å². The second kappa shape index (κ2) is 9.74. The molecule has 1 fully saturated rings. The number of likely N-dealkylation sites (tertiary alicyclic amines) is 1. The van der Waals surface area contributed by atoms with Gasteiger partial charge in [0.15, 0.2) is 0 Å². The summed E-state index contributed by atoms with van der Waals surface area (Å²) in [6, 6.07) is 14.2. The molecule has 4 heteroatoms. The van der Waals surface area contributed by atoms with E-state index >= 15 is 0 Å². The molecule has 3 rings (SSSR count). The molecule has 0 atom stereocenters. The predicted octanol–water partition coefficient (Wildman–Crippen LogP) is 5.91. The van der Waals surface area contributed by atoms with Crippen LogP contribution in [0.25, 0.3) is 0 Å². The first kappa shape index (κ1) is 22.5. The van der Waals surface area contributed by atoms with Crippen LogP contribution in [-0.4, -0.2) is 29.9 Å². The third-order valence-electron chi connectivity index (χ3n) is 6.14. The van der Waals surface area contributed by atoms with Gasteiger partial charge in [-0.2, -0.15) is 0 Å². The normalized spacial score (nSPS) is 15.7. The van der Waals surface area contributed by atoms with Gasteiger partial charge in [-0.25, -0.2) is 4.39 Å². The van der Waals surface area contributed by atoms with Crippen molar-refractivity contribution in [3.63, 3.8) is 0 Å². The highest BCUT2D eigenvalue weighted by Crippen LogP contribution is 2.28. The van der Waals surface area contributed by atoms with E-state index in [-0.39, 0.29) is 23.7 Å². The molecule has 0 aromatic heterocycles. The number of benzene rings is 2. The SMILES string of the molecule is Cc1ccc(N(C(=O)C(C)C)C2CCN(Cc3ccc(C(C)C)cc3)CC2)cc1F. The van der Waals surface area contributed by atoms with E-state index in [0.717, 1.165) is 32.5 Å². The second-order valence-corrected chi connectivity index (χ2v) is 9.20. The zero-order chi connectivity index (χ0) is 21.8. The van der Waals surface area contributed by atoms with E-state index in [4.69, 9.17) is 0 Å². The second-order valence-electron chi connectivity index (χ2n) is 9.20. The van der Waals surface area contributed by atoms with Gasteiger partial charge in [0, 0.05) is 37.3 Å². The van der Waals surface area contributed by atoms with Gasteiger partial charge >= 0.3 is 0 Å². The fourth-order valence-electron chi connectivity index (χ4n) is 4.13. The lowest BCUT2D eigenvalue weighted by atomic mass is 9.98. The summed E-state index contributed by atoms with van der Waals surface area (Å²) >= 11 is 0. The number of carbonyl (C=O) groups excluding carboxylic acids is 1. The summed E-state index contributed by atoms with van der Waals surface area (Å²) in [6.45, 7) is 12.8. The summed E-state index contributed by atoms with van der Waals surface area (Å²) in [5.41, 5.74) is 3.98. The Morgan fingerprint density at radius 3 is 2.23 bits per heavy atom. The van der Waals surface area contributed by atoms with Gasteiger partial charge in [0.05, 0.1) is 0 Å². The van der Waals surface area contributed by atoms with Gasteiger partial charge in [0.1, 0.15) is 5.82 Å². The van der Waals surface area contributed by atoms with Crippen LogP contribution in [0.4, 0.5) is 10.1 Å².